The fourth-order valence-electron chi connectivity index (χ4n) is 1.25. The lowest BCUT2D eigenvalue weighted by atomic mass is 10.1. The van der Waals surface area contributed by atoms with Gasteiger partial charge in [0.2, 0.25) is 0 Å². The van der Waals surface area contributed by atoms with Gasteiger partial charge in [-0.1, -0.05) is 13.8 Å². The molecule has 1 aromatic heterocycles. The van der Waals surface area contributed by atoms with Crippen LogP contribution in [0.1, 0.15) is 25.8 Å². The van der Waals surface area contributed by atoms with E-state index >= 15 is 0 Å². The fraction of sp³-hybridized carbons (Fsp3) is 0.545. The number of nitriles is 1. The zero-order chi connectivity index (χ0) is 11.3. The van der Waals surface area contributed by atoms with Crippen molar-refractivity contribution in [3.8, 4) is 6.07 Å². The molecule has 0 aliphatic heterocycles. The summed E-state index contributed by atoms with van der Waals surface area (Å²) in [4.78, 5) is 1.98. The number of anilines is 1. The number of nitrogens with zero attached hydrogens (tertiary/aromatic N) is 4. The number of hydrogen-bond donors (Lipinski definition) is 0. The molecule has 1 aromatic rings. The maximum absolute atomic E-state index is 8.90. The first-order valence-electron chi connectivity index (χ1n) is 5.08. The van der Waals surface area contributed by atoms with Crippen LogP contribution in [0.15, 0.2) is 12.3 Å². The summed E-state index contributed by atoms with van der Waals surface area (Å²) in [6.45, 7) is 5.25. The standard InChI is InChI=1S/C11H16N4/c1-9(2)5-7-15(3)11-10(8-12)4-6-13-14-11/h4,6,9H,5,7H2,1-3H3. The predicted octanol–water partition coefficient (Wildman–Crippen LogP) is 1.83. The summed E-state index contributed by atoms with van der Waals surface area (Å²) >= 11 is 0. The smallest absolute Gasteiger partial charge is 0.168 e. The van der Waals surface area contributed by atoms with E-state index in [0.29, 0.717) is 17.3 Å². The lowest BCUT2D eigenvalue weighted by Gasteiger charge is -2.19. The van der Waals surface area contributed by atoms with Crippen LogP contribution < -0.4 is 4.90 Å². The Kier molecular flexibility index (Phi) is 4.04. The molecule has 1 heterocycles. The van der Waals surface area contributed by atoms with E-state index in [4.69, 9.17) is 5.26 Å². The second-order valence-electron chi connectivity index (χ2n) is 3.98. The van der Waals surface area contributed by atoms with Gasteiger partial charge in [0, 0.05) is 13.6 Å². The van der Waals surface area contributed by atoms with E-state index < -0.39 is 0 Å². The van der Waals surface area contributed by atoms with Crippen LogP contribution in [0.25, 0.3) is 0 Å². The molecule has 0 N–H and O–H groups in total. The van der Waals surface area contributed by atoms with Crippen LogP contribution in [-0.2, 0) is 0 Å². The van der Waals surface area contributed by atoms with Crippen LogP contribution >= 0.6 is 0 Å². The van der Waals surface area contributed by atoms with Crippen molar-refractivity contribution in [2.45, 2.75) is 20.3 Å². The van der Waals surface area contributed by atoms with Gasteiger partial charge in [-0.3, -0.25) is 0 Å². The molecule has 4 heteroatoms. The van der Waals surface area contributed by atoms with Crippen molar-refractivity contribution in [2.24, 2.45) is 5.92 Å². The SMILES string of the molecule is CC(C)CCN(C)c1nnccc1C#N. The van der Waals surface area contributed by atoms with Gasteiger partial charge in [0.1, 0.15) is 6.07 Å². The van der Waals surface area contributed by atoms with Gasteiger partial charge in [-0.2, -0.15) is 10.4 Å². The molecule has 0 spiro atoms. The van der Waals surface area contributed by atoms with E-state index in [-0.39, 0.29) is 0 Å². The summed E-state index contributed by atoms with van der Waals surface area (Å²) in [5.74, 6) is 1.32. The molecule has 15 heavy (non-hydrogen) atoms. The third kappa shape index (κ3) is 3.21. The minimum Gasteiger partial charge on any atom is -0.357 e. The Morgan fingerprint density at radius 1 is 1.53 bits per heavy atom. The summed E-state index contributed by atoms with van der Waals surface area (Å²) < 4.78 is 0. The normalized spacial score (nSPS) is 10.1. The van der Waals surface area contributed by atoms with E-state index in [2.05, 4.69) is 30.1 Å². The van der Waals surface area contributed by atoms with Gasteiger partial charge < -0.3 is 4.90 Å². The molecule has 4 nitrogen and oxygen atoms in total. The minimum absolute atomic E-state index is 0.580. The average molecular weight is 204 g/mol. The second kappa shape index (κ2) is 5.30. The Balaban J connectivity index is 2.73. The zero-order valence-electron chi connectivity index (χ0n) is 9.44. The summed E-state index contributed by atoms with van der Waals surface area (Å²) in [7, 11) is 1.94. The molecule has 0 aromatic carbocycles. The van der Waals surface area contributed by atoms with Crippen LogP contribution in [0, 0.1) is 17.2 Å². The number of hydrogen-bond acceptors (Lipinski definition) is 4. The van der Waals surface area contributed by atoms with Crippen molar-refractivity contribution >= 4 is 5.82 Å². The van der Waals surface area contributed by atoms with Gasteiger partial charge >= 0.3 is 0 Å². The maximum atomic E-state index is 8.90. The third-order valence-corrected chi connectivity index (χ3v) is 2.23. The number of aromatic nitrogens is 2. The molecule has 0 saturated carbocycles. The van der Waals surface area contributed by atoms with Gasteiger partial charge in [-0.15, -0.1) is 5.10 Å². The Morgan fingerprint density at radius 3 is 2.87 bits per heavy atom. The minimum atomic E-state index is 0.580. The van der Waals surface area contributed by atoms with E-state index in [9.17, 15) is 0 Å². The molecule has 0 amide bonds. The van der Waals surface area contributed by atoms with Crippen LogP contribution in [0.2, 0.25) is 0 Å². The summed E-state index contributed by atoms with van der Waals surface area (Å²) in [6, 6.07) is 3.81. The van der Waals surface area contributed by atoms with Crippen LogP contribution in [-0.4, -0.2) is 23.8 Å². The second-order valence-corrected chi connectivity index (χ2v) is 3.98. The molecule has 0 atom stereocenters. The highest BCUT2D eigenvalue weighted by molar-refractivity contribution is 5.51. The summed E-state index contributed by atoms with van der Waals surface area (Å²) in [5.41, 5.74) is 0.580. The molecule has 0 unspecified atom stereocenters. The molecule has 1 rings (SSSR count). The molecule has 0 aliphatic rings. The first-order chi connectivity index (χ1) is 7.15. The Hall–Kier alpha value is -1.63. The van der Waals surface area contributed by atoms with Crippen LogP contribution in [0.3, 0.4) is 0 Å². The number of rotatable bonds is 4. The van der Waals surface area contributed by atoms with E-state index in [1.807, 2.05) is 11.9 Å². The highest BCUT2D eigenvalue weighted by atomic mass is 15.2. The van der Waals surface area contributed by atoms with Gasteiger partial charge in [0.15, 0.2) is 5.82 Å². The highest BCUT2D eigenvalue weighted by Gasteiger charge is 2.09. The molecule has 0 fully saturated rings. The molecular weight excluding hydrogens is 188 g/mol. The average Bonchev–Trinajstić information content (AvgIpc) is 2.25. The molecule has 0 radical (unpaired) electrons. The van der Waals surface area contributed by atoms with Crippen molar-refractivity contribution in [2.75, 3.05) is 18.5 Å². The lowest BCUT2D eigenvalue weighted by Crippen LogP contribution is -2.22. The molecule has 80 valence electrons. The molecule has 0 saturated heterocycles. The topological polar surface area (TPSA) is 52.8 Å². The van der Waals surface area contributed by atoms with Crippen molar-refractivity contribution in [1.29, 1.82) is 5.26 Å². The van der Waals surface area contributed by atoms with Gasteiger partial charge in [-0.05, 0) is 18.4 Å². The van der Waals surface area contributed by atoms with Crippen molar-refractivity contribution in [3.05, 3.63) is 17.8 Å². The van der Waals surface area contributed by atoms with Crippen molar-refractivity contribution in [1.82, 2.24) is 10.2 Å². The molecule has 0 bridgehead atoms. The van der Waals surface area contributed by atoms with Gasteiger partial charge in [-0.25, -0.2) is 0 Å². The maximum Gasteiger partial charge on any atom is 0.168 e. The quantitative estimate of drug-likeness (QED) is 0.750. The zero-order valence-corrected chi connectivity index (χ0v) is 9.44. The van der Waals surface area contributed by atoms with Crippen molar-refractivity contribution in [3.63, 3.8) is 0 Å². The van der Waals surface area contributed by atoms with E-state index in [1.54, 1.807) is 12.3 Å². The fourth-order valence-corrected chi connectivity index (χ4v) is 1.25. The largest absolute Gasteiger partial charge is 0.357 e. The van der Waals surface area contributed by atoms with E-state index in [0.717, 1.165) is 13.0 Å². The Morgan fingerprint density at radius 2 is 2.27 bits per heavy atom. The van der Waals surface area contributed by atoms with E-state index in [1.165, 1.54) is 0 Å². The van der Waals surface area contributed by atoms with Crippen LogP contribution in [0.5, 0.6) is 0 Å². The predicted molar refractivity (Wildman–Crippen MR) is 59.5 cm³/mol. The Labute approximate surface area is 90.5 Å². The summed E-state index contributed by atoms with van der Waals surface area (Å²) in [6.07, 6.45) is 2.62. The summed E-state index contributed by atoms with van der Waals surface area (Å²) in [5, 5.41) is 16.7. The van der Waals surface area contributed by atoms with Crippen LogP contribution in [0.4, 0.5) is 5.82 Å². The first kappa shape index (κ1) is 11.4. The lowest BCUT2D eigenvalue weighted by molar-refractivity contribution is 0.582. The molecule has 0 aliphatic carbocycles. The van der Waals surface area contributed by atoms with Crippen molar-refractivity contribution < 1.29 is 0 Å². The monoisotopic (exact) mass is 204 g/mol. The van der Waals surface area contributed by atoms with Gasteiger partial charge in [0.05, 0.1) is 11.8 Å². The Bertz CT molecular complexity index is 354. The highest BCUT2D eigenvalue weighted by Crippen LogP contribution is 2.14. The molecular formula is C11H16N4. The first-order valence-corrected chi connectivity index (χ1v) is 5.08. The third-order valence-electron chi connectivity index (χ3n) is 2.23. The van der Waals surface area contributed by atoms with Gasteiger partial charge in [0.25, 0.3) is 0 Å².